The molecule has 15 heavy (non-hydrogen) atoms. The van der Waals surface area contributed by atoms with Crippen molar-refractivity contribution in [2.45, 2.75) is 6.92 Å². The fourth-order valence-electron chi connectivity index (χ4n) is 1.21. The summed E-state index contributed by atoms with van der Waals surface area (Å²) >= 11 is 0. The van der Waals surface area contributed by atoms with Crippen LogP contribution in [0, 0.1) is 18.6 Å². The third-order valence-corrected chi connectivity index (χ3v) is 1.82. The molecule has 0 aliphatic carbocycles. The zero-order valence-electron chi connectivity index (χ0n) is 7.79. The number of halogens is 2. The van der Waals surface area contributed by atoms with E-state index in [9.17, 15) is 8.78 Å². The summed E-state index contributed by atoms with van der Waals surface area (Å²) in [7, 11) is 0. The van der Waals surface area contributed by atoms with Crippen molar-refractivity contribution in [1.82, 2.24) is 10.1 Å². The summed E-state index contributed by atoms with van der Waals surface area (Å²) in [5.41, 5.74) is 4.94. The van der Waals surface area contributed by atoms with Gasteiger partial charge in [0.15, 0.2) is 0 Å². The first-order valence-electron chi connectivity index (χ1n) is 4.13. The Morgan fingerprint density at radius 2 is 1.87 bits per heavy atom. The van der Waals surface area contributed by atoms with Crippen molar-refractivity contribution >= 4 is 5.69 Å². The van der Waals surface area contributed by atoms with Gasteiger partial charge in [-0.1, -0.05) is 5.16 Å². The molecule has 2 N–H and O–H groups in total. The maximum Gasteiger partial charge on any atom is 0.223 e. The van der Waals surface area contributed by atoms with E-state index in [0.29, 0.717) is 0 Å². The predicted octanol–water partition coefficient (Wildman–Crippen LogP) is 1.91. The molecule has 2 rings (SSSR count). The van der Waals surface area contributed by atoms with Crippen molar-refractivity contribution in [2.75, 3.05) is 5.73 Å². The maximum absolute atomic E-state index is 13.4. The van der Waals surface area contributed by atoms with Crippen molar-refractivity contribution in [3.63, 3.8) is 0 Å². The van der Waals surface area contributed by atoms with E-state index >= 15 is 0 Å². The Bertz CT molecular complexity index is 487. The van der Waals surface area contributed by atoms with Gasteiger partial charge in [-0.2, -0.15) is 4.98 Å². The molecule has 0 spiro atoms. The predicted molar refractivity (Wildman–Crippen MR) is 48.8 cm³/mol. The lowest BCUT2D eigenvalue weighted by Crippen LogP contribution is -1.95. The van der Waals surface area contributed by atoms with Crippen LogP contribution in [0.15, 0.2) is 16.7 Å². The van der Waals surface area contributed by atoms with Crippen molar-refractivity contribution in [3.05, 3.63) is 29.7 Å². The van der Waals surface area contributed by atoms with Gasteiger partial charge < -0.3 is 10.3 Å². The van der Waals surface area contributed by atoms with Crippen LogP contribution in [0.1, 0.15) is 5.89 Å². The van der Waals surface area contributed by atoms with E-state index in [1.54, 1.807) is 0 Å². The van der Waals surface area contributed by atoms with Crippen LogP contribution < -0.4 is 5.73 Å². The Labute approximate surface area is 83.7 Å². The average Bonchev–Trinajstić information content (AvgIpc) is 2.49. The molecule has 2 aromatic rings. The Morgan fingerprint density at radius 3 is 2.33 bits per heavy atom. The van der Waals surface area contributed by atoms with Crippen LogP contribution in [0.3, 0.4) is 0 Å². The molecule has 0 aliphatic heterocycles. The summed E-state index contributed by atoms with van der Waals surface area (Å²) in [6.45, 7) is 1.53. The number of anilines is 1. The molecule has 0 aliphatic rings. The second-order valence-corrected chi connectivity index (χ2v) is 3.00. The largest absolute Gasteiger partial charge is 0.399 e. The lowest BCUT2D eigenvalue weighted by molar-refractivity contribution is 0.393. The van der Waals surface area contributed by atoms with Gasteiger partial charge in [0.2, 0.25) is 11.7 Å². The highest BCUT2D eigenvalue weighted by Gasteiger charge is 2.17. The number of nitrogens with two attached hydrogens (primary N) is 1. The van der Waals surface area contributed by atoms with E-state index in [2.05, 4.69) is 14.7 Å². The Hall–Kier alpha value is -1.98. The molecule has 0 bridgehead atoms. The van der Waals surface area contributed by atoms with Gasteiger partial charge in [-0.3, -0.25) is 0 Å². The van der Waals surface area contributed by atoms with E-state index < -0.39 is 11.6 Å². The minimum Gasteiger partial charge on any atom is -0.399 e. The van der Waals surface area contributed by atoms with Crippen LogP contribution in [-0.4, -0.2) is 10.1 Å². The second kappa shape index (κ2) is 3.30. The lowest BCUT2D eigenvalue weighted by atomic mass is 10.1. The highest BCUT2D eigenvalue weighted by atomic mass is 19.1. The van der Waals surface area contributed by atoms with Gasteiger partial charge in [0.25, 0.3) is 0 Å². The first-order chi connectivity index (χ1) is 7.08. The van der Waals surface area contributed by atoms with Crippen LogP contribution in [0.4, 0.5) is 14.5 Å². The second-order valence-electron chi connectivity index (χ2n) is 3.00. The first-order valence-corrected chi connectivity index (χ1v) is 4.13. The number of hydrogen-bond acceptors (Lipinski definition) is 4. The normalized spacial score (nSPS) is 10.6. The monoisotopic (exact) mass is 211 g/mol. The zero-order valence-corrected chi connectivity index (χ0v) is 7.79. The Morgan fingerprint density at radius 1 is 1.27 bits per heavy atom. The van der Waals surface area contributed by atoms with Crippen LogP contribution in [0.25, 0.3) is 11.4 Å². The SMILES string of the molecule is Cc1nc(-c2c(F)cc(N)cc2F)no1. The van der Waals surface area contributed by atoms with Crippen LogP contribution in [0.5, 0.6) is 0 Å². The van der Waals surface area contributed by atoms with Crippen molar-refractivity contribution < 1.29 is 13.3 Å². The molecule has 0 fully saturated rings. The molecule has 1 aromatic carbocycles. The number of hydrogen-bond donors (Lipinski definition) is 1. The van der Waals surface area contributed by atoms with Gasteiger partial charge in [-0.15, -0.1) is 0 Å². The summed E-state index contributed by atoms with van der Waals surface area (Å²) in [5.74, 6) is -1.51. The van der Waals surface area contributed by atoms with Gasteiger partial charge in [0.05, 0.1) is 5.56 Å². The molecule has 6 heteroatoms. The smallest absolute Gasteiger partial charge is 0.223 e. The van der Waals surface area contributed by atoms with E-state index in [1.165, 1.54) is 6.92 Å². The Balaban J connectivity index is 2.62. The number of aryl methyl sites for hydroxylation is 1. The quantitative estimate of drug-likeness (QED) is 0.731. The van der Waals surface area contributed by atoms with Crippen molar-refractivity contribution in [1.29, 1.82) is 0 Å². The molecule has 0 saturated heterocycles. The third kappa shape index (κ3) is 1.65. The first kappa shape index (κ1) is 9.57. The number of nitrogen functional groups attached to an aromatic ring is 1. The summed E-state index contributed by atoms with van der Waals surface area (Å²) in [6.07, 6.45) is 0. The number of benzene rings is 1. The summed E-state index contributed by atoms with van der Waals surface area (Å²) < 4.78 is 31.4. The summed E-state index contributed by atoms with van der Waals surface area (Å²) in [6, 6.07) is 2.01. The molecule has 1 heterocycles. The topological polar surface area (TPSA) is 64.9 Å². The molecule has 0 radical (unpaired) electrons. The highest BCUT2D eigenvalue weighted by Crippen LogP contribution is 2.25. The van der Waals surface area contributed by atoms with Crippen LogP contribution >= 0.6 is 0 Å². The molecule has 0 amide bonds. The van der Waals surface area contributed by atoms with Gasteiger partial charge in [-0.25, -0.2) is 8.78 Å². The zero-order chi connectivity index (χ0) is 11.0. The summed E-state index contributed by atoms with van der Waals surface area (Å²) in [4.78, 5) is 3.73. The molecular formula is C9H7F2N3O. The molecule has 0 saturated carbocycles. The van der Waals surface area contributed by atoms with Gasteiger partial charge in [0, 0.05) is 12.6 Å². The van der Waals surface area contributed by atoms with E-state index in [-0.39, 0.29) is 23.0 Å². The van der Waals surface area contributed by atoms with Gasteiger partial charge in [-0.05, 0) is 12.1 Å². The summed E-state index contributed by atoms with van der Waals surface area (Å²) in [5, 5.41) is 3.43. The molecule has 0 unspecified atom stereocenters. The number of nitrogens with zero attached hydrogens (tertiary/aromatic N) is 2. The third-order valence-electron chi connectivity index (χ3n) is 1.82. The minimum atomic E-state index is -0.812. The van der Waals surface area contributed by atoms with E-state index in [0.717, 1.165) is 12.1 Å². The fourth-order valence-corrected chi connectivity index (χ4v) is 1.21. The average molecular weight is 211 g/mol. The lowest BCUT2D eigenvalue weighted by Gasteiger charge is -2.01. The van der Waals surface area contributed by atoms with Crippen LogP contribution in [-0.2, 0) is 0 Å². The standard InChI is InChI=1S/C9H7F2N3O/c1-4-13-9(14-15-4)8-6(10)2-5(12)3-7(8)11/h2-3H,12H2,1H3. The number of rotatable bonds is 1. The highest BCUT2D eigenvalue weighted by molar-refractivity contribution is 5.60. The number of aromatic nitrogens is 2. The fraction of sp³-hybridized carbons (Fsp3) is 0.111. The molecular weight excluding hydrogens is 204 g/mol. The van der Waals surface area contributed by atoms with E-state index in [4.69, 9.17) is 5.73 Å². The molecule has 0 atom stereocenters. The van der Waals surface area contributed by atoms with Gasteiger partial charge >= 0.3 is 0 Å². The van der Waals surface area contributed by atoms with Gasteiger partial charge in [0.1, 0.15) is 11.6 Å². The van der Waals surface area contributed by atoms with E-state index in [1.807, 2.05) is 0 Å². The molecule has 78 valence electrons. The van der Waals surface area contributed by atoms with Crippen LogP contribution in [0.2, 0.25) is 0 Å². The Kier molecular flexibility index (Phi) is 2.11. The molecule has 4 nitrogen and oxygen atoms in total. The minimum absolute atomic E-state index is 0.00830. The van der Waals surface area contributed by atoms with Crippen molar-refractivity contribution in [2.24, 2.45) is 0 Å². The molecule has 1 aromatic heterocycles. The maximum atomic E-state index is 13.4. The van der Waals surface area contributed by atoms with Crippen molar-refractivity contribution in [3.8, 4) is 11.4 Å².